The van der Waals surface area contributed by atoms with Crippen LogP contribution in [0.25, 0.3) is 10.2 Å². The lowest BCUT2D eigenvalue weighted by molar-refractivity contribution is -0.123. The van der Waals surface area contributed by atoms with Crippen molar-refractivity contribution >= 4 is 54.2 Å². The SMILES string of the molecule is COc1ccc(S(=O)(=O)N2CCC(C(=O)N(Cc3ccccc3)c3nc4c(Cl)cccc4s3)CC2)cc1. The van der Waals surface area contributed by atoms with Gasteiger partial charge in [-0.15, -0.1) is 0 Å². The summed E-state index contributed by atoms with van der Waals surface area (Å²) in [5, 5.41) is 1.13. The van der Waals surface area contributed by atoms with Gasteiger partial charge in [-0.3, -0.25) is 9.69 Å². The van der Waals surface area contributed by atoms with E-state index in [0.29, 0.717) is 40.8 Å². The first kappa shape index (κ1) is 25.7. The molecule has 4 aromatic rings. The second-order valence-electron chi connectivity index (χ2n) is 8.85. The van der Waals surface area contributed by atoms with Crippen LogP contribution in [-0.4, -0.2) is 43.8 Å². The Morgan fingerprint density at radius 2 is 1.76 bits per heavy atom. The highest BCUT2D eigenvalue weighted by Crippen LogP contribution is 2.35. The first-order valence-electron chi connectivity index (χ1n) is 11.9. The number of thiazole rings is 1. The highest BCUT2D eigenvalue weighted by molar-refractivity contribution is 7.89. The van der Waals surface area contributed by atoms with Crippen LogP contribution in [0.1, 0.15) is 18.4 Å². The van der Waals surface area contributed by atoms with E-state index in [-0.39, 0.29) is 29.8 Å². The average molecular weight is 556 g/mol. The summed E-state index contributed by atoms with van der Waals surface area (Å²) in [7, 11) is -2.11. The number of para-hydroxylation sites is 1. The van der Waals surface area contributed by atoms with Crippen LogP contribution in [0.2, 0.25) is 5.02 Å². The maximum Gasteiger partial charge on any atom is 0.243 e. The largest absolute Gasteiger partial charge is 0.497 e. The normalized spacial score (nSPS) is 15.1. The standard InChI is InChI=1S/C27H26ClN3O4S2/c1-35-21-10-12-22(13-11-21)37(33,34)30-16-14-20(15-17-30)26(32)31(18-19-6-3-2-4-7-19)27-29-25-23(28)8-5-9-24(25)36-27/h2-13,20H,14-18H2,1H3. The van der Waals surface area contributed by atoms with Gasteiger partial charge in [0.15, 0.2) is 5.13 Å². The van der Waals surface area contributed by atoms with Crippen molar-refractivity contribution in [2.75, 3.05) is 25.1 Å². The number of aromatic nitrogens is 1. The van der Waals surface area contributed by atoms with E-state index in [4.69, 9.17) is 21.3 Å². The number of carbonyl (C=O) groups excluding carboxylic acids is 1. The molecule has 37 heavy (non-hydrogen) atoms. The number of hydrogen-bond donors (Lipinski definition) is 0. The number of methoxy groups -OCH3 is 1. The van der Waals surface area contributed by atoms with Crippen LogP contribution in [0.3, 0.4) is 0 Å². The van der Waals surface area contributed by atoms with Crippen molar-refractivity contribution in [1.29, 1.82) is 0 Å². The summed E-state index contributed by atoms with van der Waals surface area (Å²) in [6.07, 6.45) is 0.871. The molecule has 1 aliphatic heterocycles. The number of amides is 1. The van der Waals surface area contributed by atoms with Crippen molar-refractivity contribution in [3.8, 4) is 5.75 Å². The molecule has 1 amide bonds. The van der Waals surface area contributed by atoms with Gasteiger partial charge >= 0.3 is 0 Å². The Kier molecular flexibility index (Phi) is 7.48. The molecular formula is C27H26ClN3O4S2. The van der Waals surface area contributed by atoms with Gasteiger partial charge in [0.1, 0.15) is 11.3 Å². The quantitative estimate of drug-likeness (QED) is 0.297. The molecule has 5 rings (SSSR count). The predicted molar refractivity (Wildman–Crippen MR) is 147 cm³/mol. The molecule has 0 saturated carbocycles. The molecule has 0 spiro atoms. The van der Waals surface area contributed by atoms with Gasteiger partial charge in [0, 0.05) is 19.0 Å². The Morgan fingerprint density at radius 3 is 2.41 bits per heavy atom. The van der Waals surface area contributed by atoms with Gasteiger partial charge in [0.05, 0.1) is 28.3 Å². The Balaban J connectivity index is 1.36. The van der Waals surface area contributed by atoms with Gasteiger partial charge in [-0.25, -0.2) is 13.4 Å². The molecule has 192 valence electrons. The second-order valence-corrected chi connectivity index (χ2v) is 12.2. The number of hydrogen-bond acceptors (Lipinski definition) is 6. The molecular weight excluding hydrogens is 530 g/mol. The summed E-state index contributed by atoms with van der Waals surface area (Å²) < 4.78 is 33.8. The van der Waals surface area contributed by atoms with Gasteiger partial charge in [-0.1, -0.05) is 59.3 Å². The van der Waals surface area contributed by atoms with Gasteiger partial charge in [-0.05, 0) is 54.8 Å². The Morgan fingerprint density at radius 1 is 1.05 bits per heavy atom. The second kappa shape index (κ2) is 10.8. The third-order valence-corrected chi connectivity index (χ3v) is 9.80. The van der Waals surface area contributed by atoms with E-state index in [1.54, 1.807) is 35.2 Å². The van der Waals surface area contributed by atoms with Gasteiger partial charge in [0.2, 0.25) is 15.9 Å². The average Bonchev–Trinajstić information content (AvgIpc) is 3.37. The molecule has 0 aliphatic carbocycles. The molecule has 0 unspecified atom stereocenters. The van der Waals surface area contributed by atoms with E-state index in [1.807, 2.05) is 42.5 Å². The first-order chi connectivity index (χ1) is 17.9. The van der Waals surface area contributed by atoms with Crippen molar-refractivity contribution < 1.29 is 17.9 Å². The molecule has 3 aromatic carbocycles. The minimum Gasteiger partial charge on any atom is -0.497 e. The summed E-state index contributed by atoms with van der Waals surface area (Å²) in [6.45, 7) is 0.923. The number of fused-ring (bicyclic) bond motifs is 1. The summed E-state index contributed by atoms with van der Waals surface area (Å²) in [4.78, 5) is 20.5. The summed E-state index contributed by atoms with van der Waals surface area (Å²) >= 11 is 7.79. The molecule has 10 heteroatoms. The molecule has 0 bridgehead atoms. The number of benzene rings is 3. The number of ether oxygens (including phenoxy) is 1. The van der Waals surface area contributed by atoms with Crippen LogP contribution in [0.15, 0.2) is 77.7 Å². The van der Waals surface area contributed by atoms with Crippen molar-refractivity contribution in [2.24, 2.45) is 5.92 Å². The molecule has 1 aliphatic rings. The summed E-state index contributed by atoms with van der Waals surface area (Å²) in [5.74, 6) is 0.229. The van der Waals surface area contributed by atoms with Gasteiger partial charge in [0.25, 0.3) is 0 Å². The fourth-order valence-corrected chi connectivity index (χ4v) is 7.22. The maximum absolute atomic E-state index is 13.8. The lowest BCUT2D eigenvalue weighted by atomic mass is 9.96. The van der Waals surface area contributed by atoms with Gasteiger partial charge in [-0.2, -0.15) is 4.31 Å². The van der Waals surface area contributed by atoms with Crippen LogP contribution in [0.4, 0.5) is 5.13 Å². The van der Waals surface area contributed by atoms with Crippen molar-refractivity contribution in [2.45, 2.75) is 24.3 Å². The summed E-state index contributed by atoms with van der Waals surface area (Å²) in [6, 6.07) is 21.7. The maximum atomic E-state index is 13.8. The topological polar surface area (TPSA) is 79.8 Å². The minimum absolute atomic E-state index is 0.0551. The number of piperidine rings is 1. The van der Waals surface area contributed by atoms with Crippen LogP contribution >= 0.6 is 22.9 Å². The fraction of sp³-hybridized carbons (Fsp3) is 0.259. The highest BCUT2D eigenvalue weighted by Gasteiger charge is 2.35. The van der Waals surface area contributed by atoms with Crippen LogP contribution in [-0.2, 0) is 21.4 Å². The van der Waals surface area contributed by atoms with E-state index in [0.717, 1.165) is 10.3 Å². The smallest absolute Gasteiger partial charge is 0.243 e. The van der Waals surface area contributed by atoms with Crippen molar-refractivity contribution in [1.82, 2.24) is 9.29 Å². The Bertz CT molecular complexity index is 1500. The molecule has 0 radical (unpaired) electrons. The first-order valence-corrected chi connectivity index (χ1v) is 14.5. The highest BCUT2D eigenvalue weighted by atomic mass is 35.5. The van der Waals surface area contributed by atoms with Crippen molar-refractivity contribution in [3.63, 3.8) is 0 Å². The van der Waals surface area contributed by atoms with Crippen molar-refractivity contribution in [3.05, 3.63) is 83.4 Å². The molecule has 0 atom stereocenters. The molecule has 7 nitrogen and oxygen atoms in total. The predicted octanol–water partition coefficient (Wildman–Crippen LogP) is 5.59. The number of anilines is 1. The van der Waals surface area contributed by atoms with Gasteiger partial charge < -0.3 is 4.74 Å². The molecule has 1 aromatic heterocycles. The lowest BCUT2D eigenvalue weighted by Crippen LogP contribution is -2.44. The number of sulfonamides is 1. The zero-order valence-corrected chi connectivity index (χ0v) is 22.6. The zero-order valence-electron chi connectivity index (χ0n) is 20.2. The van der Waals surface area contributed by atoms with Crippen LogP contribution in [0, 0.1) is 5.92 Å². The third-order valence-electron chi connectivity index (χ3n) is 6.54. The fourth-order valence-electron chi connectivity index (χ4n) is 4.48. The number of nitrogens with zero attached hydrogens (tertiary/aromatic N) is 3. The molecule has 1 saturated heterocycles. The number of rotatable bonds is 7. The minimum atomic E-state index is -3.65. The van der Waals surface area contributed by atoms with Crippen LogP contribution < -0.4 is 9.64 Å². The molecule has 1 fully saturated rings. The zero-order chi connectivity index (χ0) is 26.0. The van der Waals surface area contributed by atoms with E-state index in [1.165, 1.54) is 22.8 Å². The van der Waals surface area contributed by atoms with E-state index in [2.05, 4.69) is 0 Å². The number of halogens is 1. The monoisotopic (exact) mass is 555 g/mol. The third kappa shape index (κ3) is 5.36. The van der Waals surface area contributed by atoms with Crippen LogP contribution in [0.5, 0.6) is 5.75 Å². The lowest BCUT2D eigenvalue weighted by Gasteiger charge is -2.33. The Hall–Kier alpha value is -2.98. The van der Waals surface area contributed by atoms with E-state index in [9.17, 15) is 13.2 Å². The molecule has 2 heterocycles. The van der Waals surface area contributed by atoms with E-state index < -0.39 is 10.0 Å². The number of carbonyl (C=O) groups is 1. The molecule has 0 N–H and O–H groups in total. The Labute approximate surface area is 225 Å². The van der Waals surface area contributed by atoms with E-state index >= 15 is 0 Å². The summed E-state index contributed by atoms with van der Waals surface area (Å²) in [5.41, 5.74) is 1.66.